The molecule has 76 valence electrons. The van der Waals surface area contributed by atoms with Crippen LogP contribution in [-0.4, -0.2) is 48.2 Å². The molecule has 1 saturated heterocycles. The van der Waals surface area contributed by atoms with E-state index in [2.05, 4.69) is 17.3 Å². The van der Waals surface area contributed by atoms with E-state index in [0.29, 0.717) is 0 Å². The van der Waals surface area contributed by atoms with Gasteiger partial charge < -0.3 is 15.3 Å². The van der Waals surface area contributed by atoms with E-state index in [0.717, 1.165) is 25.9 Å². The molecule has 0 spiro atoms. The number of amides is 1. The van der Waals surface area contributed by atoms with Crippen molar-refractivity contribution in [3.8, 4) is 0 Å². The molecule has 1 fully saturated rings. The van der Waals surface area contributed by atoms with Gasteiger partial charge in [-0.1, -0.05) is 0 Å². The highest BCUT2D eigenvalue weighted by Crippen LogP contribution is 2.20. The smallest absolute Gasteiger partial charge is 0.217 e. The van der Waals surface area contributed by atoms with Crippen molar-refractivity contribution in [2.24, 2.45) is 0 Å². The first kappa shape index (κ1) is 10.5. The molecule has 0 unspecified atom stereocenters. The third-order valence-electron chi connectivity index (χ3n) is 2.69. The van der Waals surface area contributed by atoms with Gasteiger partial charge in [0.05, 0.1) is 12.1 Å². The van der Waals surface area contributed by atoms with Crippen LogP contribution in [0.1, 0.15) is 19.8 Å². The Kier molecular flexibility index (Phi) is 3.27. The topological polar surface area (TPSA) is 52.6 Å². The molecule has 1 amide bonds. The van der Waals surface area contributed by atoms with Crippen LogP contribution >= 0.6 is 0 Å². The van der Waals surface area contributed by atoms with Crippen molar-refractivity contribution in [2.75, 3.05) is 26.7 Å². The van der Waals surface area contributed by atoms with Crippen LogP contribution in [0, 0.1) is 0 Å². The summed E-state index contributed by atoms with van der Waals surface area (Å²) in [4.78, 5) is 13.1. The lowest BCUT2D eigenvalue weighted by atomic mass is 9.88. The van der Waals surface area contributed by atoms with Crippen molar-refractivity contribution >= 4 is 5.91 Å². The van der Waals surface area contributed by atoms with Gasteiger partial charge in [-0.2, -0.15) is 0 Å². The molecule has 1 heterocycles. The van der Waals surface area contributed by atoms with Gasteiger partial charge in [0.25, 0.3) is 0 Å². The van der Waals surface area contributed by atoms with Gasteiger partial charge in [-0.25, -0.2) is 0 Å². The van der Waals surface area contributed by atoms with Gasteiger partial charge in [0.2, 0.25) is 5.91 Å². The second kappa shape index (κ2) is 4.07. The van der Waals surface area contributed by atoms with E-state index in [1.165, 1.54) is 6.92 Å². The Balaban J connectivity index is 2.55. The molecule has 0 aromatic rings. The lowest BCUT2D eigenvalue weighted by Crippen LogP contribution is -2.56. The van der Waals surface area contributed by atoms with E-state index in [-0.39, 0.29) is 18.1 Å². The highest BCUT2D eigenvalue weighted by molar-refractivity contribution is 5.73. The van der Waals surface area contributed by atoms with Crippen molar-refractivity contribution in [3.63, 3.8) is 0 Å². The van der Waals surface area contributed by atoms with Crippen LogP contribution in [0.3, 0.4) is 0 Å². The standard InChI is InChI=1S/C9H18N2O2/c1-8(13)10-9(7-12)3-5-11(2)6-4-9/h12H,3-7H2,1-2H3,(H,10,13). The van der Waals surface area contributed by atoms with Gasteiger partial charge in [0, 0.05) is 20.0 Å². The van der Waals surface area contributed by atoms with Crippen LogP contribution in [0.5, 0.6) is 0 Å². The maximum atomic E-state index is 10.9. The van der Waals surface area contributed by atoms with E-state index >= 15 is 0 Å². The predicted molar refractivity (Wildman–Crippen MR) is 50.4 cm³/mol. The number of aliphatic hydroxyl groups is 1. The Morgan fingerprint density at radius 3 is 2.46 bits per heavy atom. The van der Waals surface area contributed by atoms with Crippen LogP contribution < -0.4 is 5.32 Å². The summed E-state index contributed by atoms with van der Waals surface area (Å²) in [5.41, 5.74) is -0.363. The average Bonchev–Trinajstić information content (AvgIpc) is 2.09. The molecule has 0 bridgehead atoms. The SMILES string of the molecule is CC(=O)NC1(CO)CCN(C)CC1. The van der Waals surface area contributed by atoms with E-state index < -0.39 is 0 Å². The summed E-state index contributed by atoms with van der Waals surface area (Å²) in [6.45, 7) is 3.40. The molecule has 0 saturated carbocycles. The van der Waals surface area contributed by atoms with Gasteiger partial charge in [-0.05, 0) is 19.9 Å². The molecule has 2 N–H and O–H groups in total. The highest BCUT2D eigenvalue weighted by Gasteiger charge is 2.33. The fraction of sp³-hybridized carbons (Fsp3) is 0.889. The molecular formula is C9H18N2O2. The lowest BCUT2D eigenvalue weighted by molar-refractivity contribution is -0.122. The zero-order valence-electron chi connectivity index (χ0n) is 8.34. The largest absolute Gasteiger partial charge is 0.394 e. The molecule has 4 nitrogen and oxygen atoms in total. The minimum Gasteiger partial charge on any atom is -0.394 e. The Morgan fingerprint density at radius 2 is 2.08 bits per heavy atom. The second-order valence-corrected chi connectivity index (χ2v) is 3.92. The number of carbonyl (C=O) groups is 1. The first-order valence-electron chi connectivity index (χ1n) is 4.66. The average molecular weight is 186 g/mol. The molecule has 0 atom stereocenters. The summed E-state index contributed by atoms with van der Waals surface area (Å²) in [6.07, 6.45) is 1.67. The van der Waals surface area contributed by atoms with Crippen molar-refractivity contribution in [1.29, 1.82) is 0 Å². The number of piperidine rings is 1. The van der Waals surface area contributed by atoms with E-state index in [4.69, 9.17) is 0 Å². The predicted octanol–water partition coefficient (Wildman–Crippen LogP) is -0.421. The van der Waals surface area contributed by atoms with Crippen molar-refractivity contribution in [3.05, 3.63) is 0 Å². The molecule has 13 heavy (non-hydrogen) atoms. The minimum atomic E-state index is -0.363. The zero-order valence-corrected chi connectivity index (χ0v) is 8.34. The summed E-state index contributed by atoms with van der Waals surface area (Å²) >= 11 is 0. The third-order valence-corrected chi connectivity index (χ3v) is 2.69. The number of hydrogen-bond donors (Lipinski definition) is 2. The van der Waals surface area contributed by atoms with Gasteiger partial charge in [0.15, 0.2) is 0 Å². The number of likely N-dealkylation sites (tertiary alicyclic amines) is 1. The summed E-state index contributed by atoms with van der Waals surface area (Å²) in [6, 6.07) is 0. The van der Waals surface area contributed by atoms with Crippen LogP contribution in [0.4, 0.5) is 0 Å². The Hall–Kier alpha value is -0.610. The van der Waals surface area contributed by atoms with E-state index in [9.17, 15) is 9.90 Å². The lowest BCUT2D eigenvalue weighted by Gasteiger charge is -2.39. The van der Waals surface area contributed by atoms with Crippen molar-refractivity contribution < 1.29 is 9.90 Å². The quantitative estimate of drug-likeness (QED) is 0.616. The fourth-order valence-corrected chi connectivity index (χ4v) is 1.74. The number of carbonyl (C=O) groups excluding carboxylic acids is 1. The van der Waals surface area contributed by atoms with Gasteiger partial charge >= 0.3 is 0 Å². The first-order chi connectivity index (χ1) is 6.08. The molecule has 0 aliphatic carbocycles. The summed E-state index contributed by atoms with van der Waals surface area (Å²) in [5, 5.41) is 12.1. The normalized spacial score (nSPS) is 22.7. The molecular weight excluding hydrogens is 168 g/mol. The van der Waals surface area contributed by atoms with E-state index in [1.807, 2.05) is 0 Å². The Morgan fingerprint density at radius 1 is 1.54 bits per heavy atom. The Bertz CT molecular complexity index is 186. The highest BCUT2D eigenvalue weighted by atomic mass is 16.3. The Labute approximate surface area is 78.9 Å². The molecule has 0 aromatic carbocycles. The van der Waals surface area contributed by atoms with Crippen molar-refractivity contribution in [1.82, 2.24) is 10.2 Å². The molecule has 0 radical (unpaired) electrons. The molecule has 1 aliphatic rings. The second-order valence-electron chi connectivity index (χ2n) is 3.92. The molecule has 1 rings (SSSR count). The third kappa shape index (κ3) is 2.67. The van der Waals surface area contributed by atoms with Gasteiger partial charge in [-0.15, -0.1) is 0 Å². The van der Waals surface area contributed by atoms with Crippen LogP contribution in [0.15, 0.2) is 0 Å². The summed E-state index contributed by atoms with van der Waals surface area (Å²) in [5.74, 6) is -0.0568. The fourth-order valence-electron chi connectivity index (χ4n) is 1.74. The van der Waals surface area contributed by atoms with Crippen LogP contribution in [-0.2, 0) is 4.79 Å². The van der Waals surface area contributed by atoms with Gasteiger partial charge in [-0.3, -0.25) is 4.79 Å². The monoisotopic (exact) mass is 186 g/mol. The van der Waals surface area contributed by atoms with Crippen molar-refractivity contribution in [2.45, 2.75) is 25.3 Å². The summed E-state index contributed by atoms with van der Waals surface area (Å²) < 4.78 is 0. The van der Waals surface area contributed by atoms with Crippen LogP contribution in [0.25, 0.3) is 0 Å². The molecule has 1 aliphatic heterocycles. The van der Waals surface area contributed by atoms with E-state index in [1.54, 1.807) is 0 Å². The van der Waals surface area contributed by atoms with Crippen LogP contribution in [0.2, 0.25) is 0 Å². The van der Waals surface area contributed by atoms with Gasteiger partial charge in [0.1, 0.15) is 0 Å². The number of nitrogens with one attached hydrogen (secondary N) is 1. The minimum absolute atomic E-state index is 0.0421. The first-order valence-corrected chi connectivity index (χ1v) is 4.66. The zero-order chi connectivity index (χ0) is 9.90. The summed E-state index contributed by atoms with van der Waals surface area (Å²) in [7, 11) is 2.05. The maximum Gasteiger partial charge on any atom is 0.217 e. The maximum absolute atomic E-state index is 10.9. The molecule has 4 heteroatoms. The number of hydrogen-bond acceptors (Lipinski definition) is 3. The number of aliphatic hydroxyl groups excluding tert-OH is 1. The number of rotatable bonds is 2. The number of nitrogens with zero attached hydrogens (tertiary/aromatic N) is 1. The molecule has 0 aromatic heterocycles.